The fraction of sp³-hybridized carbons (Fsp3) is 0.143. The molecule has 0 aliphatic rings. The lowest BCUT2D eigenvalue weighted by molar-refractivity contribution is 0.963. The summed E-state index contributed by atoms with van der Waals surface area (Å²) in [4.78, 5) is 12.2. The van der Waals surface area contributed by atoms with E-state index >= 15 is 0 Å². The molecule has 2 rings (SSSR count). The summed E-state index contributed by atoms with van der Waals surface area (Å²) in [5.74, 6) is 0.592. The van der Waals surface area contributed by atoms with Crippen molar-refractivity contribution in [1.82, 2.24) is 25.1 Å². The zero-order chi connectivity index (χ0) is 9.80. The summed E-state index contributed by atoms with van der Waals surface area (Å²) in [5, 5.41) is 10.9. The van der Waals surface area contributed by atoms with Crippen molar-refractivity contribution in [3.8, 4) is 0 Å². The van der Waals surface area contributed by atoms with E-state index in [0.717, 1.165) is 5.03 Å². The molecule has 0 bridgehead atoms. The van der Waals surface area contributed by atoms with Gasteiger partial charge in [0.1, 0.15) is 11.4 Å². The van der Waals surface area contributed by atoms with Crippen molar-refractivity contribution in [2.75, 3.05) is 12.4 Å². The molecule has 0 aliphatic carbocycles. The third-order valence-corrected chi connectivity index (χ3v) is 2.27. The molecule has 0 fully saturated rings. The number of aromatic amines is 1. The minimum absolute atomic E-state index is 0.592. The molecule has 0 saturated carbocycles. The van der Waals surface area contributed by atoms with Gasteiger partial charge in [0.2, 0.25) is 5.95 Å². The number of rotatable bonds is 3. The van der Waals surface area contributed by atoms with Gasteiger partial charge in [0.25, 0.3) is 0 Å². The van der Waals surface area contributed by atoms with E-state index in [4.69, 9.17) is 0 Å². The maximum Gasteiger partial charge on any atom is 0.223 e. The summed E-state index contributed by atoms with van der Waals surface area (Å²) >= 11 is 1.40. The summed E-state index contributed by atoms with van der Waals surface area (Å²) in [6.45, 7) is 0. The lowest BCUT2D eigenvalue weighted by Gasteiger charge is -1.99. The van der Waals surface area contributed by atoms with Crippen LogP contribution in [-0.4, -0.2) is 32.2 Å². The maximum absolute atomic E-state index is 4.22. The van der Waals surface area contributed by atoms with Crippen LogP contribution in [0, 0.1) is 0 Å². The molecule has 0 atom stereocenters. The minimum atomic E-state index is 0.592. The quantitative estimate of drug-likeness (QED) is 0.726. The van der Waals surface area contributed by atoms with Gasteiger partial charge in [0.05, 0.1) is 0 Å². The first-order valence-corrected chi connectivity index (χ1v) is 4.74. The van der Waals surface area contributed by atoms with Gasteiger partial charge in [0, 0.05) is 13.2 Å². The van der Waals surface area contributed by atoms with Crippen molar-refractivity contribution in [1.29, 1.82) is 0 Å². The molecule has 0 aromatic carbocycles. The largest absolute Gasteiger partial charge is 0.357 e. The van der Waals surface area contributed by atoms with Crippen LogP contribution in [0.5, 0.6) is 0 Å². The lowest BCUT2D eigenvalue weighted by atomic mass is 10.7. The Labute approximate surface area is 84.6 Å². The minimum Gasteiger partial charge on any atom is -0.357 e. The fourth-order valence-corrected chi connectivity index (χ4v) is 1.52. The molecule has 0 radical (unpaired) electrons. The van der Waals surface area contributed by atoms with Crippen molar-refractivity contribution in [2.45, 2.75) is 10.2 Å². The second kappa shape index (κ2) is 4.05. The number of aromatic nitrogens is 5. The van der Waals surface area contributed by atoms with E-state index < -0.39 is 0 Å². The molecule has 0 aliphatic heterocycles. The molecule has 14 heavy (non-hydrogen) atoms. The lowest BCUT2D eigenvalue weighted by Crippen LogP contribution is -1.95. The molecule has 2 N–H and O–H groups in total. The van der Waals surface area contributed by atoms with Crippen LogP contribution in [0.2, 0.25) is 0 Å². The van der Waals surface area contributed by atoms with Crippen LogP contribution in [0.4, 0.5) is 5.95 Å². The fourth-order valence-electron chi connectivity index (χ4n) is 0.862. The Morgan fingerprint density at radius 2 is 2.36 bits per heavy atom. The first kappa shape index (κ1) is 8.95. The van der Waals surface area contributed by atoms with Gasteiger partial charge in [0.15, 0.2) is 5.16 Å². The normalized spacial score (nSPS) is 10.1. The van der Waals surface area contributed by atoms with Crippen LogP contribution < -0.4 is 5.32 Å². The van der Waals surface area contributed by atoms with Crippen LogP contribution in [0.15, 0.2) is 28.8 Å². The average molecular weight is 208 g/mol. The van der Waals surface area contributed by atoms with Crippen molar-refractivity contribution in [3.63, 3.8) is 0 Å². The van der Waals surface area contributed by atoms with Crippen molar-refractivity contribution in [2.24, 2.45) is 0 Å². The molecular formula is C7H8N6S. The standard InChI is InChI=1S/C7H8N6S/c1-8-6-9-3-2-5(12-6)14-7-10-4-11-13-7/h2-4H,1H3,(H,8,9,12)(H,10,11,13). The molecule has 0 amide bonds. The molecular weight excluding hydrogens is 200 g/mol. The third kappa shape index (κ3) is 1.99. The van der Waals surface area contributed by atoms with E-state index in [1.54, 1.807) is 13.2 Å². The Kier molecular flexibility index (Phi) is 2.59. The van der Waals surface area contributed by atoms with Crippen molar-refractivity contribution >= 4 is 17.7 Å². The topological polar surface area (TPSA) is 79.4 Å². The predicted molar refractivity (Wildman–Crippen MR) is 52.1 cm³/mol. The van der Waals surface area contributed by atoms with Crippen LogP contribution in [-0.2, 0) is 0 Å². The second-order valence-electron chi connectivity index (χ2n) is 2.36. The first-order valence-electron chi connectivity index (χ1n) is 3.92. The van der Waals surface area contributed by atoms with E-state index in [1.165, 1.54) is 18.1 Å². The Morgan fingerprint density at radius 1 is 1.43 bits per heavy atom. The highest BCUT2D eigenvalue weighted by molar-refractivity contribution is 7.99. The van der Waals surface area contributed by atoms with Crippen molar-refractivity contribution in [3.05, 3.63) is 18.6 Å². The van der Waals surface area contributed by atoms with Crippen LogP contribution in [0.25, 0.3) is 0 Å². The second-order valence-corrected chi connectivity index (χ2v) is 3.37. The smallest absolute Gasteiger partial charge is 0.223 e. The Balaban J connectivity index is 2.17. The Morgan fingerprint density at radius 3 is 3.07 bits per heavy atom. The molecule has 72 valence electrons. The molecule has 0 spiro atoms. The number of hydrogen-bond donors (Lipinski definition) is 2. The number of hydrogen-bond acceptors (Lipinski definition) is 6. The van der Waals surface area contributed by atoms with Crippen molar-refractivity contribution < 1.29 is 0 Å². The number of nitrogens with zero attached hydrogens (tertiary/aromatic N) is 4. The van der Waals surface area contributed by atoms with Gasteiger partial charge >= 0.3 is 0 Å². The van der Waals surface area contributed by atoms with Gasteiger partial charge in [-0.1, -0.05) is 0 Å². The predicted octanol–water partition coefficient (Wildman–Crippen LogP) is 0.788. The first-order chi connectivity index (χ1) is 6.88. The highest BCUT2D eigenvalue weighted by Crippen LogP contribution is 2.21. The summed E-state index contributed by atoms with van der Waals surface area (Å²) < 4.78 is 0. The molecule has 2 aromatic heterocycles. The SMILES string of the molecule is CNc1nccc(Sc2ncn[nH]2)n1. The molecule has 2 aromatic rings. The molecule has 7 heteroatoms. The van der Waals surface area contributed by atoms with Crippen LogP contribution in [0.3, 0.4) is 0 Å². The summed E-state index contributed by atoms with van der Waals surface area (Å²) in [6.07, 6.45) is 3.15. The van der Waals surface area contributed by atoms with Gasteiger partial charge in [-0.2, -0.15) is 5.10 Å². The number of nitrogens with one attached hydrogen (secondary N) is 2. The average Bonchev–Trinajstić information content (AvgIpc) is 2.71. The van der Waals surface area contributed by atoms with Gasteiger partial charge < -0.3 is 5.32 Å². The van der Waals surface area contributed by atoms with E-state index in [-0.39, 0.29) is 0 Å². The molecule has 2 heterocycles. The van der Waals surface area contributed by atoms with E-state index in [2.05, 4.69) is 30.5 Å². The zero-order valence-electron chi connectivity index (χ0n) is 7.43. The molecule has 6 nitrogen and oxygen atoms in total. The highest BCUT2D eigenvalue weighted by atomic mass is 32.2. The summed E-state index contributed by atoms with van der Waals surface area (Å²) in [6, 6.07) is 1.81. The van der Waals surface area contributed by atoms with E-state index in [0.29, 0.717) is 11.1 Å². The van der Waals surface area contributed by atoms with Gasteiger partial charge in [-0.3, -0.25) is 5.10 Å². The van der Waals surface area contributed by atoms with Crippen LogP contribution in [0.1, 0.15) is 0 Å². The number of H-pyrrole nitrogens is 1. The maximum atomic E-state index is 4.22. The van der Waals surface area contributed by atoms with Crippen LogP contribution >= 0.6 is 11.8 Å². The summed E-state index contributed by atoms with van der Waals surface area (Å²) in [7, 11) is 1.78. The third-order valence-electron chi connectivity index (χ3n) is 1.45. The molecule has 0 unspecified atom stereocenters. The highest BCUT2D eigenvalue weighted by Gasteiger charge is 2.02. The number of anilines is 1. The Hall–Kier alpha value is -1.63. The van der Waals surface area contributed by atoms with Gasteiger partial charge in [-0.25, -0.2) is 15.0 Å². The zero-order valence-corrected chi connectivity index (χ0v) is 8.25. The monoisotopic (exact) mass is 208 g/mol. The summed E-state index contributed by atoms with van der Waals surface area (Å²) in [5.41, 5.74) is 0. The van der Waals surface area contributed by atoms with E-state index in [9.17, 15) is 0 Å². The molecule has 0 saturated heterocycles. The Bertz CT molecular complexity index is 400. The van der Waals surface area contributed by atoms with Gasteiger partial charge in [-0.05, 0) is 17.8 Å². The van der Waals surface area contributed by atoms with E-state index in [1.807, 2.05) is 6.07 Å². The van der Waals surface area contributed by atoms with Gasteiger partial charge in [-0.15, -0.1) is 0 Å².